The normalized spacial score (nSPS) is 14.3. The molecule has 0 aliphatic rings. The standard InChI is InChI=1S/C15H19NOS/c1-3-14(12-6-8-13(17)9-7-12)16-11(2)15-5-4-10-18-15/h4-11,14,16-17H,3H2,1-2H3. The highest BCUT2D eigenvalue weighted by Gasteiger charge is 2.14. The first-order valence-corrected chi connectivity index (χ1v) is 7.17. The molecule has 96 valence electrons. The SMILES string of the molecule is CCC(NC(C)c1cccs1)c1ccc(O)cc1. The number of nitrogens with one attached hydrogen (secondary N) is 1. The average molecular weight is 261 g/mol. The molecular weight excluding hydrogens is 242 g/mol. The molecule has 0 fully saturated rings. The molecule has 0 saturated carbocycles. The fraction of sp³-hybridized carbons (Fsp3) is 0.333. The van der Waals surface area contributed by atoms with Gasteiger partial charge in [0.15, 0.2) is 0 Å². The van der Waals surface area contributed by atoms with E-state index in [2.05, 4.69) is 36.7 Å². The number of benzene rings is 1. The van der Waals surface area contributed by atoms with Crippen LogP contribution in [0.4, 0.5) is 0 Å². The Morgan fingerprint density at radius 3 is 2.50 bits per heavy atom. The first-order valence-electron chi connectivity index (χ1n) is 6.29. The van der Waals surface area contributed by atoms with E-state index >= 15 is 0 Å². The number of thiophene rings is 1. The minimum atomic E-state index is 0.319. The molecule has 0 amide bonds. The van der Waals surface area contributed by atoms with Gasteiger partial charge >= 0.3 is 0 Å². The van der Waals surface area contributed by atoms with Gasteiger partial charge in [-0.2, -0.15) is 0 Å². The summed E-state index contributed by atoms with van der Waals surface area (Å²) in [6, 6.07) is 12.4. The minimum absolute atomic E-state index is 0.319. The van der Waals surface area contributed by atoms with Crippen LogP contribution in [0.1, 0.15) is 42.8 Å². The third-order valence-corrected chi connectivity index (χ3v) is 4.18. The van der Waals surface area contributed by atoms with Gasteiger partial charge in [-0.3, -0.25) is 0 Å². The maximum atomic E-state index is 9.32. The summed E-state index contributed by atoms with van der Waals surface area (Å²) in [5.41, 5.74) is 1.22. The van der Waals surface area contributed by atoms with E-state index in [4.69, 9.17) is 0 Å². The Hall–Kier alpha value is -1.32. The topological polar surface area (TPSA) is 32.3 Å². The number of aromatic hydroxyl groups is 1. The van der Waals surface area contributed by atoms with Crippen LogP contribution in [0.15, 0.2) is 41.8 Å². The summed E-state index contributed by atoms with van der Waals surface area (Å²) in [7, 11) is 0. The first kappa shape index (κ1) is 13.1. The summed E-state index contributed by atoms with van der Waals surface area (Å²) in [5.74, 6) is 0.319. The number of hydrogen-bond donors (Lipinski definition) is 2. The van der Waals surface area contributed by atoms with E-state index in [0.717, 1.165) is 6.42 Å². The van der Waals surface area contributed by atoms with Crippen molar-refractivity contribution in [3.8, 4) is 5.75 Å². The molecule has 1 aromatic carbocycles. The third-order valence-electron chi connectivity index (χ3n) is 3.12. The summed E-state index contributed by atoms with van der Waals surface area (Å²) in [6.45, 7) is 4.36. The summed E-state index contributed by atoms with van der Waals surface area (Å²) in [6.07, 6.45) is 1.03. The Balaban J connectivity index is 2.07. The van der Waals surface area contributed by atoms with Gasteiger partial charge in [0.1, 0.15) is 5.75 Å². The van der Waals surface area contributed by atoms with Gasteiger partial charge in [-0.15, -0.1) is 11.3 Å². The molecule has 0 spiro atoms. The molecule has 2 aromatic rings. The molecule has 3 heteroatoms. The quantitative estimate of drug-likeness (QED) is 0.843. The van der Waals surface area contributed by atoms with Crippen LogP contribution >= 0.6 is 11.3 Å². The smallest absolute Gasteiger partial charge is 0.115 e. The molecule has 0 radical (unpaired) electrons. The van der Waals surface area contributed by atoms with Crippen LogP contribution in [0.2, 0.25) is 0 Å². The van der Waals surface area contributed by atoms with Gasteiger partial charge in [-0.1, -0.05) is 25.1 Å². The molecule has 1 aromatic heterocycles. The van der Waals surface area contributed by atoms with E-state index in [0.29, 0.717) is 17.8 Å². The van der Waals surface area contributed by atoms with Crippen molar-refractivity contribution in [3.05, 3.63) is 52.2 Å². The molecule has 0 aliphatic carbocycles. The van der Waals surface area contributed by atoms with Crippen LogP contribution in [0.3, 0.4) is 0 Å². The van der Waals surface area contributed by atoms with E-state index in [-0.39, 0.29) is 0 Å². The van der Waals surface area contributed by atoms with Gasteiger partial charge < -0.3 is 10.4 Å². The molecule has 0 aliphatic heterocycles. The van der Waals surface area contributed by atoms with Gasteiger partial charge in [0.05, 0.1) is 0 Å². The van der Waals surface area contributed by atoms with Gasteiger partial charge in [0.2, 0.25) is 0 Å². The van der Waals surface area contributed by atoms with E-state index in [9.17, 15) is 5.11 Å². The van der Waals surface area contributed by atoms with Gasteiger partial charge in [0.25, 0.3) is 0 Å². The fourth-order valence-corrected chi connectivity index (χ4v) is 2.82. The van der Waals surface area contributed by atoms with E-state index in [1.807, 2.05) is 12.1 Å². The third kappa shape index (κ3) is 3.12. The highest BCUT2D eigenvalue weighted by molar-refractivity contribution is 7.10. The van der Waals surface area contributed by atoms with Crippen LogP contribution in [0.5, 0.6) is 5.75 Å². The predicted molar refractivity (Wildman–Crippen MR) is 77.0 cm³/mol. The van der Waals surface area contributed by atoms with E-state index in [1.165, 1.54) is 10.4 Å². The molecule has 18 heavy (non-hydrogen) atoms. The second-order valence-corrected chi connectivity index (χ2v) is 5.44. The molecule has 2 nitrogen and oxygen atoms in total. The highest BCUT2D eigenvalue weighted by Crippen LogP contribution is 2.25. The van der Waals surface area contributed by atoms with Crippen molar-refractivity contribution in [3.63, 3.8) is 0 Å². The molecule has 2 N–H and O–H groups in total. The molecule has 2 rings (SSSR count). The van der Waals surface area contributed by atoms with Gasteiger partial charge in [-0.25, -0.2) is 0 Å². The van der Waals surface area contributed by atoms with E-state index in [1.54, 1.807) is 23.5 Å². The maximum Gasteiger partial charge on any atom is 0.115 e. The van der Waals surface area contributed by atoms with Gasteiger partial charge in [0, 0.05) is 17.0 Å². The highest BCUT2D eigenvalue weighted by atomic mass is 32.1. The number of rotatable bonds is 5. The Kier molecular flexibility index (Phi) is 4.39. The van der Waals surface area contributed by atoms with Crippen LogP contribution in [-0.2, 0) is 0 Å². The average Bonchev–Trinajstić information content (AvgIpc) is 2.91. The van der Waals surface area contributed by atoms with E-state index < -0.39 is 0 Å². The lowest BCUT2D eigenvalue weighted by Gasteiger charge is -2.22. The lowest BCUT2D eigenvalue weighted by molar-refractivity contribution is 0.456. The fourth-order valence-electron chi connectivity index (χ4n) is 2.08. The molecule has 0 saturated heterocycles. The van der Waals surface area contributed by atoms with Crippen molar-refractivity contribution in [1.82, 2.24) is 5.32 Å². The van der Waals surface area contributed by atoms with Crippen molar-refractivity contribution >= 4 is 11.3 Å². The van der Waals surface area contributed by atoms with Crippen molar-refractivity contribution in [1.29, 1.82) is 0 Å². The molecular formula is C15H19NOS. The molecule has 1 heterocycles. The van der Waals surface area contributed by atoms with Crippen LogP contribution in [0.25, 0.3) is 0 Å². The summed E-state index contributed by atoms with van der Waals surface area (Å²) in [5, 5.41) is 15.1. The lowest BCUT2D eigenvalue weighted by atomic mass is 10.0. The zero-order valence-electron chi connectivity index (χ0n) is 10.8. The van der Waals surface area contributed by atoms with Gasteiger partial charge in [-0.05, 0) is 42.5 Å². The largest absolute Gasteiger partial charge is 0.508 e. The van der Waals surface area contributed by atoms with Crippen molar-refractivity contribution in [2.75, 3.05) is 0 Å². The number of phenolic OH excluding ortho intramolecular Hbond substituents is 1. The maximum absolute atomic E-state index is 9.32. The van der Waals surface area contributed by atoms with Crippen molar-refractivity contribution < 1.29 is 5.11 Å². The molecule has 2 unspecified atom stereocenters. The first-order chi connectivity index (χ1) is 8.70. The molecule has 2 atom stereocenters. The van der Waals surface area contributed by atoms with Crippen molar-refractivity contribution in [2.45, 2.75) is 32.4 Å². The van der Waals surface area contributed by atoms with Crippen LogP contribution < -0.4 is 5.32 Å². The summed E-state index contributed by atoms with van der Waals surface area (Å²) in [4.78, 5) is 1.35. The van der Waals surface area contributed by atoms with Crippen LogP contribution in [0, 0.1) is 0 Å². The minimum Gasteiger partial charge on any atom is -0.508 e. The Bertz CT molecular complexity index is 464. The monoisotopic (exact) mass is 261 g/mol. The Morgan fingerprint density at radius 2 is 1.94 bits per heavy atom. The zero-order valence-corrected chi connectivity index (χ0v) is 11.6. The second-order valence-electron chi connectivity index (χ2n) is 4.46. The second kappa shape index (κ2) is 6.03. The Labute approximate surface area is 112 Å². The number of hydrogen-bond acceptors (Lipinski definition) is 3. The van der Waals surface area contributed by atoms with Crippen LogP contribution in [-0.4, -0.2) is 5.11 Å². The molecule has 0 bridgehead atoms. The lowest BCUT2D eigenvalue weighted by Crippen LogP contribution is -2.23. The number of phenols is 1. The Morgan fingerprint density at radius 1 is 1.22 bits per heavy atom. The zero-order chi connectivity index (χ0) is 13.0. The summed E-state index contributed by atoms with van der Waals surface area (Å²) < 4.78 is 0. The summed E-state index contributed by atoms with van der Waals surface area (Å²) >= 11 is 1.78. The predicted octanol–water partition coefficient (Wildman–Crippen LogP) is 4.26. The van der Waals surface area contributed by atoms with Crippen molar-refractivity contribution in [2.24, 2.45) is 0 Å².